The summed E-state index contributed by atoms with van der Waals surface area (Å²) in [5.41, 5.74) is 1.60. The summed E-state index contributed by atoms with van der Waals surface area (Å²) in [5, 5.41) is 9.14. The van der Waals surface area contributed by atoms with Crippen LogP contribution >= 0.6 is 0 Å². The third-order valence-electron chi connectivity index (χ3n) is 3.04. The fourth-order valence-corrected chi connectivity index (χ4v) is 2.00. The van der Waals surface area contributed by atoms with Gasteiger partial charge in [0.25, 0.3) is 0 Å². The number of carboxylic acids is 1. The number of methoxy groups -OCH3 is 1. The highest BCUT2D eigenvalue weighted by atomic mass is 16.5. The van der Waals surface area contributed by atoms with Gasteiger partial charge >= 0.3 is 5.97 Å². The number of aromatic carboxylic acids is 1. The summed E-state index contributed by atoms with van der Waals surface area (Å²) in [4.78, 5) is 15.5. The Morgan fingerprint density at radius 1 is 1.56 bits per heavy atom. The highest BCUT2D eigenvalue weighted by molar-refractivity contribution is 6.01. The zero-order chi connectivity index (χ0) is 13.3. The van der Waals surface area contributed by atoms with Gasteiger partial charge in [-0.1, -0.05) is 6.07 Å². The van der Waals surface area contributed by atoms with Crippen molar-refractivity contribution in [2.45, 2.75) is 26.5 Å². The molecule has 0 fully saturated rings. The minimum Gasteiger partial charge on any atom is -0.478 e. The van der Waals surface area contributed by atoms with Crippen molar-refractivity contribution >= 4 is 17.0 Å². The van der Waals surface area contributed by atoms with Crippen molar-refractivity contribution in [3.63, 3.8) is 0 Å². The number of ether oxygens (including phenoxy) is 1. The normalized spacial score (nSPS) is 12.8. The van der Waals surface area contributed by atoms with E-state index >= 15 is 0 Å². The molecule has 1 N–H and O–H groups in total. The summed E-state index contributed by atoms with van der Waals surface area (Å²) >= 11 is 0. The second-order valence-electron chi connectivity index (χ2n) is 4.29. The van der Waals surface area contributed by atoms with Gasteiger partial charge in [0, 0.05) is 7.11 Å². The molecular weight excluding hydrogens is 232 g/mol. The number of fused-ring (bicyclic) bond motifs is 1. The van der Waals surface area contributed by atoms with Gasteiger partial charge in [0.1, 0.15) is 11.3 Å². The van der Waals surface area contributed by atoms with Crippen LogP contribution in [0.25, 0.3) is 11.0 Å². The lowest BCUT2D eigenvalue weighted by atomic mass is 10.2. The molecule has 0 bridgehead atoms. The van der Waals surface area contributed by atoms with Gasteiger partial charge in [-0.25, -0.2) is 9.78 Å². The number of carboxylic acid groups (broad SMARTS) is 1. The number of carbonyl (C=O) groups is 1. The molecule has 0 aliphatic rings. The molecule has 1 atom stereocenters. The van der Waals surface area contributed by atoms with E-state index in [1.165, 1.54) is 0 Å². The van der Waals surface area contributed by atoms with E-state index in [9.17, 15) is 4.79 Å². The zero-order valence-corrected chi connectivity index (χ0v) is 10.7. The van der Waals surface area contributed by atoms with Crippen LogP contribution in [0.3, 0.4) is 0 Å². The van der Waals surface area contributed by atoms with E-state index in [1.807, 2.05) is 24.5 Å². The molecule has 0 spiro atoms. The molecular formula is C13H16N2O3. The topological polar surface area (TPSA) is 64.4 Å². The minimum absolute atomic E-state index is 0.0505. The van der Waals surface area contributed by atoms with Crippen molar-refractivity contribution in [1.82, 2.24) is 9.55 Å². The third-order valence-corrected chi connectivity index (χ3v) is 3.04. The summed E-state index contributed by atoms with van der Waals surface area (Å²) in [7, 11) is 1.65. The van der Waals surface area contributed by atoms with E-state index in [2.05, 4.69) is 4.98 Å². The molecule has 1 aromatic carbocycles. The van der Waals surface area contributed by atoms with Gasteiger partial charge in [0.2, 0.25) is 0 Å². The summed E-state index contributed by atoms with van der Waals surface area (Å²) in [6.07, 6.45) is 0.0505. The first kappa shape index (κ1) is 12.6. The lowest BCUT2D eigenvalue weighted by Crippen LogP contribution is -2.15. The maximum Gasteiger partial charge on any atom is 0.337 e. The SMILES string of the molecule is COC(C)Cn1c(C)nc2c(C(=O)O)cccc21. The molecule has 96 valence electrons. The molecule has 0 aliphatic carbocycles. The van der Waals surface area contributed by atoms with E-state index in [-0.39, 0.29) is 11.7 Å². The lowest BCUT2D eigenvalue weighted by molar-refractivity contribution is 0.0699. The molecule has 5 nitrogen and oxygen atoms in total. The van der Waals surface area contributed by atoms with E-state index in [4.69, 9.17) is 9.84 Å². The first-order chi connectivity index (χ1) is 8.54. The molecule has 2 rings (SSSR count). The molecule has 1 unspecified atom stereocenters. The van der Waals surface area contributed by atoms with Crippen molar-refractivity contribution in [2.24, 2.45) is 0 Å². The number of para-hydroxylation sites is 1. The number of hydrogen-bond donors (Lipinski definition) is 1. The van der Waals surface area contributed by atoms with Gasteiger partial charge < -0.3 is 14.4 Å². The molecule has 2 aromatic rings. The van der Waals surface area contributed by atoms with Crippen molar-refractivity contribution in [2.75, 3.05) is 7.11 Å². The van der Waals surface area contributed by atoms with Gasteiger partial charge in [-0.05, 0) is 26.0 Å². The van der Waals surface area contributed by atoms with Crippen LogP contribution in [0, 0.1) is 6.92 Å². The Kier molecular flexibility index (Phi) is 3.34. The number of imidazole rings is 1. The highest BCUT2D eigenvalue weighted by Gasteiger charge is 2.15. The van der Waals surface area contributed by atoms with Crippen LogP contribution in [-0.4, -0.2) is 33.8 Å². The second-order valence-corrected chi connectivity index (χ2v) is 4.29. The molecule has 5 heteroatoms. The monoisotopic (exact) mass is 248 g/mol. The smallest absolute Gasteiger partial charge is 0.337 e. The van der Waals surface area contributed by atoms with Gasteiger partial charge in [-0.2, -0.15) is 0 Å². The van der Waals surface area contributed by atoms with Gasteiger partial charge in [-0.3, -0.25) is 0 Å². The number of aromatic nitrogens is 2. The average Bonchev–Trinajstić information content (AvgIpc) is 2.65. The average molecular weight is 248 g/mol. The highest BCUT2D eigenvalue weighted by Crippen LogP contribution is 2.20. The van der Waals surface area contributed by atoms with E-state index in [0.717, 1.165) is 11.3 Å². The predicted molar refractivity (Wildman–Crippen MR) is 67.9 cm³/mol. The summed E-state index contributed by atoms with van der Waals surface area (Å²) in [6, 6.07) is 5.19. The fourth-order valence-electron chi connectivity index (χ4n) is 2.00. The minimum atomic E-state index is -0.954. The standard InChI is InChI=1S/C13H16N2O3/c1-8(18-3)7-15-9(2)14-12-10(13(16)17)5-4-6-11(12)15/h4-6,8H,7H2,1-3H3,(H,16,17). The third kappa shape index (κ3) is 2.09. The summed E-state index contributed by atoms with van der Waals surface area (Å²) in [6.45, 7) is 4.49. The van der Waals surface area contributed by atoms with E-state index < -0.39 is 5.97 Å². The number of hydrogen-bond acceptors (Lipinski definition) is 3. The predicted octanol–water partition coefficient (Wildman–Crippen LogP) is 2.08. The Morgan fingerprint density at radius 3 is 2.89 bits per heavy atom. The quantitative estimate of drug-likeness (QED) is 0.899. The van der Waals surface area contributed by atoms with Gasteiger partial charge in [0.15, 0.2) is 0 Å². The lowest BCUT2D eigenvalue weighted by Gasteiger charge is -2.12. The maximum absolute atomic E-state index is 11.1. The Hall–Kier alpha value is -1.88. The van der Waals surface area contributed by atoms with Crippen LogP contribution in [0.15, 0.2) is 18.2 Å². The van der Waals surface area contributed by atoms with Crippen molar-refractivity contribution < 1.29 is 14.6 Å². The molecule has 0 saturated heterocycles. The van der Waals surface area contributed by atoms with Crippen molar-refractivity contribution in [1.29, 1.82) is 0 Å². The Morgan fingerprint density at radius 2 is 2.28 bits per heavy atom. The van der Waals surface area contributed by atoms with Crippen LogP contribution in [0.1, 0.15) is 23.1 Å². The fraction of sp³-hybridized carbons (Fsp3) is 0.385. The van der Waals surface area contributed by atoms with Crippen LogP contribution in [-0.2, 0) is 11.3 Å². The molecule has 0 radical (unpaired) electrons. The summed E-state index contributed by atoms with van der Waals surface area (Å²) in [5.74, 6) is -0.160. The van der Waals surface area contributed by atoms with E-state index in [1.54, 1.807) is 19.2 Å². The van der Waals surface area contributed by atoms with Crippen molar-refractivity contribution in [3.8, 4) is 0 Å². The number of rotatable bonds is 4. The van der Waals surface area contributed by atoms with Gasteiger partial charge in [0.05, 0.1) is 23.7 Å². The van der Waals surface area contributed by atoms with Crippen LogP contribution in [0.5, 0.6) is 0 Å². The first-order valence-corrected chi connectivity index (χ1v) is 5.76. The number of benzene rings is 1. The Labute approximate surface area is 105 Å². The van der Waals surface area contributed by atoms with Crippen LogP contribution in [0.2, 0.25) is 0 Å². The number of nitrogens with zero attached hydrogens (tertiary/aromatic N) is 2. The zero-order valence-electron chi connectivity index (χ0n) is 10.7. The Balaban J connectivity index is 2.58. The number of aryl methyl sites for hydroxylation is 1. The van der Waals surface area contributed by atoms with Crippen molar-refractivity contribution in [3.05, 3.63) is 29.6 Å². The molecule has 0 saturated carbocycles. The molecule has 0 aliphatic heterocycles. The first-order valence-electron chi connectivity index (χ1n) is 5.76. The largest absolute Gasteiger partial charge is 0.478 e. The molecule has 1 aromatic heterocycles. The molecule has 0 amide bonds. The molecule has 18 heavy (non-hydrogen) atoms. The Bertz CT molecular complexity index is 589. The van der Waals surface area contributed by atoms with E-state index in [0.29, 0.717) is 12.1 Å². The van der Waals surface area contributed by atoms with Crippen LogP contribution in [0.4, 0.5) is 0 Å². The summed E-state index contributed by atoms with van der Waals surface area (Å²) < 4.78 is 7.22. The maximum atomic E-state index is 11.1. The van der Waals surface area contributed by atoms with Crippen LogP contribution < -0.4 is 0 Å². The van der Waals surface area contributed by atoms with Gasteiger partial charge in [-0.15, -0.1) is 0 Å². The molecule has 1 heterocycles. The second kappa shape index (κ2) is 4.78.